The number of likely N-dealkylation sites (tertiary alicyclic amines) is 1. The fourth-order valence-corrected chi connectivity index (χ4v) is 3.59. The highest BCUT2D eigenvalue weighted by Crippen LogP contribution is 2.37. The van der Waals surface area contributed by atoms with Gasteiger partial charge in [0, 0.05) is 36.7 Å². The zero-order valence-electron chi connectivity index (χ0n) is 13.3. The molecular weight excluding hydrogens is 305 g/mol. The van der Waals surface area contributed by atoms with Crippen molar-refractivity contribution in [3.8, 4) is 0 Å². The first-order chi connectivity index (χ1) is 10.9. The number of rotatable bonds is 4. The minimum Gasteiger partial charge on any atom is -0.306 e. The Bertz CT molecular complexity index is 494. The van der Waals surface area contributed by atoms with E-state index in [4.69, 9.17) is 0 Å². The molecule has 4 nitrogen and oxygen atoms in total. The summed E-state index contributed by atoms with van der Waals surface area (Å²) in [7, 11) is 0. The molecule has 7 heteroatoms. The molecule has 0 spiro atoms. The van der Waals surface area contributed by atoms with Gasteiger partial charge in [-0.05, 0) is 45.7 Å². The van der Waals surface area contributed by atoms with Crippen LogP contribution in [0.5, 0.6) is 0 Å². The van der Waals surface area contributed by atoms with Gasteiger partial charge in [0.25, 0.3) is 0 Å². The highest BCUT2D eigenvalue weighted by Gasteiger charge is 2.43. The molecule has 1 aromatic heterocycles. The Morgan fingerprint density at radius 2 is 1.91 bits per heavy atom. The highest BCUT2D eigenvalue weighted by atomic mass is 19.4. The van der Waals surface area contributed by atoms with E-state index in [2.05, 4.69) is 27.1 Å². The lowest BCUT2D eigenvalue weighted by atomic mass is 9.83. The largest absolute Gasteiger partial charge is 0.391 e. The summed E-state index contributed by atoms with van der Waals surface area (Å²) in [6.45, 7) is 3.20. The van der Waals surface area contributed by atoms with Crippen molar-refractivity contribution in [1.29, 1.82) is 0 Å². The summed E-state index contributed by atoms with van der Waals surface area (Å²) in [6, 6.07) is 0.985. The highest BCUT2D eigenvalue weighted by molar-refractivity contribution is 5.03. The molecule has 3 rings (SSSR count). The predicted molar refractivity (Wildman–Crippen MR) is 80.7 cm³/mol. The molecular formula is C16H23F3N4. The lowest BCUT2D eigenvalue weighted by Crippen LogP contribution is -2.55. The van der Waals surface area contributed by atoms with Gasteiger partial charge >= 0.3 is 6.18 Å². The number of piperidine rings is 1. The molecule has 1 aromatic rings. The molecule has 1 unspecified atom stereocenters. The second kappa shape index (κ2) is 6.73. The molecule has 1 saturated carbocycles. The maximum absolute atomic E-state index is 12.7. The van der Waals surface area contributed by atoms with Gasteiger partial charge in [-0.15, -0.1) is 0 Å². The van der Waals surface area contributed by atoms with Crippen LogP contribution in [-0.2, 0) is 0 Å². The van der Waals surface area contributed by atoms with E-state index in [1.807, 2.05) is 0 Å². The summed E-state index contributed by atoms with van der Waals surface area (Å²) in [4.78, 5) is 10.6. The first-order valence-electron chi connectivity index (χ1n) is 8.26. The first kappa shape index (κ1) is 16.6. The first-order valence-corrected chi connectivity index (χ1v) is 8.26. The minimum atomic E-state index is -4.03. The number of halogens is 3. The van der Waals surface area contributed by atoms with E-state index in [9.17, 15) is 13.2 Å². The molecule has 1 N–H and O–H groups in total. The molecule has 0 radical (unpaired) electrons. The zero-order valence-corrected chi connectivity index (χ0v) is 13.3. The number of alkyl halides is 3. The molecule has 0 aromatic carbocycles. The standard InChI is InChI=1S/C16H23F3N4/c1-11(15-10-20-4-5-21-15)22-13-8-14(9-13)23-6-2-12(3-7-23)16(17,18)19/h4-5,10-14,22H,2-3,6-9H2,1H3. The van der Waals surface area contributed by atoms with Crippen LogP contribution in [-0.4, -0.2) is 46.2 Å². The Labute approximate surface area is 134 Å². The van der Waals surface area contributed by atoms with Crippen LogP contribution < -0.4 is 5.32 Å². The van der Waals surface area contributed by atoms with Gasteiger partial charge in [-0.25, -0.2) is 0 Å². The smallest absolute Gasteiger partial charge is 0.306 e. The predicted octanol–water partition coefficient (Wildman–Crippen LogP) is 2.93. The van der Waals surface area contributed by atoms with Crippen LogP contribution in [0.25, 0.3) is 0 Å². The van der Waals surface area contributed by atoms with Crippen molar-refractivity contribution in [1.82, 2.24) is 20.2 Å². The van der Waals surface area contributed by atoms with E-state index in [1.165, 1.54) is 0 Å². The summed E-state index contributed by atoms with van der Waals surface area (Å²) in [5.41, 5.74) is 0.918. The Hall–Kier alpha value is -1.21. The van der Waals surface area contributed by atoms with Gasteiger partial charge in [0.15, 0.2) is 0 Å². The van der Waals surface area contributed by atoms with Gasteiger partial charge in [0.1, 0.15) is 0 Å². The average Bonchev–Trinajstić information content (AvgIpc) is 2.50. The van der Waals surface area contributed by atoms with Crippen molar-refractivity contribution in [3.63, 3.8) is 0 Å². The number of nitrogens with zero attached hydrogens (tertiary/aromatic N) is 3. The van der Waals surface area contributed by atoms with Crippen molar-refractivity contribution in [2.45, 2.75) is 56.9 Å². The van der Waals surface area contributed by atoms with Crippen LogP contribution in [0.2, 0.25) is 0 Å². The van der Waals surface area contributed by atoms with Crippen LogP contribution >= 0.6 is 0 Å². The molecule has 1 aliphatic carbocycles. The summed E-state index contributed by atoms with van der Waals surface area (Å²) in [6.07, 6.45) is 3.56. The number of hydrogen-bond acceptors (Lipinski definition) is 4. The third-order valence-electron chi connectivity index (χ3n) is 5.13. The normalized spacial score (nSPS) is 28.3. The fraction of sp³-hybridized carbons (Fsp3) is 0.750. The molecule has 2 fully saturated rings. The maximum atomic E-state index is 12.7. The lowest BCUT2D eigenvalue weighted by molar-refractivity contribution is -0.187. The second-order valence-electron chi connectivity index (χ2n) is 6.69. The molecule has 1 atom stereocenters. The van der Waals surface area contributed by atoms with Gasteiger partial charge in [0.05, 0.1) is 11.6 Å². The molecule has 0 amide bonds. The van der Waals surface area contributed by atoms with E-state index in [0.29, 0.717) is 25.2 Å². The molecule has 2 heterocycles. The number of aromatic nitrogens is 2. The number of nitrogens with one attached hydrogen (secondary N) is 1. The third-order valence-corrected chi connectivity index (χ3v) is 5.13. The van der Waals surface area contributed by atoms with Crippen molar-refractivity contribution in [2.75, 3.05) is 13.1 Å². The Kier molecular flexibility index (Phi) is 4.87. The Balaban J connectivity index is 1.40. The van der Waals surface area contributed by atoms with Crippen molar-refractivity contribution < 1.29 is 13.2 Å². The quantitative estimate of drug-likeness (QED) is 0.923. The summed E-state index contributed by atoms with van der Waals surface area (Å²) in [5, 5.41) is 3.53. The molecule has 0 bridgehead atoms. The maximum Gasteiger partial charge on any atom is 0.391 e. The van der Waals surface area contributed by atoms with E-state index < -0.39 is 12.1 Å². The van der Waals surface area contributed by atoms with Gasteiger partial charge in [-0.1, -0.05) is 0 Å². The van der Waals surface area contributed by atoms with Crippen LogP contribution in [0.4, 0.5) is 13.2 Å². The van der Waals surface area contributed by atoms with Gasteiger partial charge < -0.3 is 10.2 Å². The van der Waals surface area contributed by atoms with E-state index >= 15 is 0 Å². The Morgan fingerprint density at radius 3 is 2.48 bits per heavy atom. The molecule has 128 valence electrons. The van der Waals surface area contributed by atoms with Gasteiger partial charge in [-0.2, -0.15) is 13.2 Å². The summed E-state index contributed by atoms with van der Waals surface area (Å²) < 4.78 is 38.1. The van der Waals surface area contributed by atoms with E-state index in [1.54, 1.807) is 18.6 Å². The van der Waals surface area contributed by atoms with Crippen LogP contribution in [0, 0.1) is 5.92 Å². The average molecular weight is 328 g/mol. The monoisotopic (exact) mass is 328 g/mol. The van der Waals surface area contributed by atoms with Crippen molar-refractivity contribution in [3.05, 3.63) is 24.3 Å². The van der Waals surface area contributed by atoms with Crippen LogP contribution in [0.15, 0.2) is 18.6 Å². The van der Waals surface area contributed by atoms with Crippen molar-refractivity contribution in [2.24, 2.45) is 5.92 Å². The molecule has 1 saturated heterocycles. The Morgan fingerprint density at radius 1 is 1.22 bits per heavy atom. The number of hydrogen-bond donors (Lipinski definition) is 1. The van der Waals surface area contributed by atoms with Gasteiger partial charge in [-0.3, -0.25) is 9.97 Å². The minimum absolute atomic E-state index is 0.144. The van der Waals surface area contributed by atoms with E-state index in [0.717, 1.165) is 18.5 Å². The van der Waals surface area contributed by atoms with Crippen molar-refractivity contribution >= 4 is 0 Å². The van der Waals surface area contributed by atoms with E-state index in [-0.39, 0.29) is 18.9 Å². The lowest BCUT2D eigenvalue weighted by Gasteiger charge is -2.46. The molecule has 2 aliphatic rings. The summed E-state index contributed by atoms with van der Waals surface area (Å²) in [5.74, 6) is -1.11. The van der Waals surface area contributed by atoms with Crippen LogP contribution in [0.3, 0.4) is 0 Å². The molecule has 1 aliphatic heterocycles. The summed E-state index contributed by atoms with van der Waals surface area (Å²) >= 11 is 0. The van der Waals surface area contributed by atoms with Gasteiger partial charge in [0.2, 0.25) is 0 Å². The third kappa shape index (κ3) is 4.01. The second-order valence-corrected chi connectivity index (χ2v) is 6.69. The SMILES string of the molecule is CC(NC1CC(N2CCC(C(F)(F)F)CC2)C1)c1cnccn1. The van der Waals surface area contributed by atoms with Crippen LogP contribution in [0.1, 0.15) is 44.3 Å². The molecule has 23 heavy (non-hydrogen) atoms. The zero-order chi connectivity index (χ0) is 16.4. The topological polar surface area (TPSA) is 41.0 Å². The fourth-order valence-electron chi connectivity index (χ4n) is 3.59.